The summed E-state index contributed by atoms with van der Waals surface area (Å²) in [7, 11) is 0. The first-order valence-corrected chi connectivity index (χ1v) is 12.6. The molecule has 4 nitrogen and oxygen atoms in total. The van der Waals surface area contributed by atoms with Crippen molar-refractivity contribution >= 4 is 0 Å². The van der Waals surface area contributed by atoms with Gasteiger partial charge in [-0.25, -0.2) is 9.97 Å². The molecule has 2 aromatic carbocycles. The predicted octanol–water partition coefficient (Wildman–Crippen LogP) is 7.27. The van der Waals surface area contributed by atoms with Crippen molar-refractivity contribution < 1.29 is 9.47 Å². The van der Waals surface area contributed by atoms with Crippen LogP contribution in [0.15, 0.2) is 60.9 Å². The molecule has 174 valence electrons. The number of rotatable bonds is 13. The number of nitrogens with zero attached hydrogens (tertiary/aromatic N) is 2. The Morgan fingerprint density at radius 3 is 2.12 bits per heavy atom. The minimum absolute atomic E-state index is 0.252. The molecule has 0 saturated carbocycles. The fourth-order valence-corrected chi connectivity index (χ4v) is 4.11. The highest BCUT2D eigenvalue weighted by Crippen LogP contribution is 2.28. The zero-order valence-corrected chi connectivity index (χ0v) is 20.0. The number of hydrogen-bond donors (Lipinski definition) is 0. The van der Waals surface area contributed by atoms with Crippen LogP contribution in [-0.4, -0.2) is 28.8 Å². The van der Waals surface area contributed by atoms with Crippen LogP contribution in [0.25, 0.3) is 22.5 Å². The van der Waals surface area contributed by atoms with E-state index in [1.807, 2.05) is 36.7 Å². The summed E-state index contributed by atoms with van der Waals surface area (Å²) in [5.74, 6) is 1.58. The second-order valence-electron chi connectivity index (χ2n) is 8.99. The summed E-state index contributed by atoms with van der Waals surface area (Å²) >= 11 is 0. The molecule has 0 N–H and O–H groups in total. The quantitative estimate of drug-likeness (QED) is 0.205. The van der Waals surface area contributed by atoms with Gasteiger partial charge in [-0.15, -0.1) is 0 Å². The van der Waals surface area contributed by atoms with E-state index in [4.69, 9.17) is 9.47 Å². The summed E-state index contributed by atoms with van der Waals surface area (Å²) < 4.78 is 11.6. The number of aromatic nitrogens is 2. The van der Waals surface area contributed by atoms with E-state index in [2.05, 4.69) is 48.1 Å². The largest absolute Gasteiger partial charge is 0.491 e. The van der Waals surface area contributed by atoms with Gasteiger partial charge in [-0.2, -0.15) is 0 Å². The molecule has 2 atom stereocenters. The van der Waals surface area contributed by atoms with Crippen molar-refractivity contribution in [3.63, 3.8) is 0 Å². The maximum Gasteiger partial charge on any atom is 0.159 e. The lowest BCUT2D eigenvalue weighted by Gasteiger charge is -2.07. The van der Waals surface area contributed by atoms with Crippen LogP contribution < -0.4 is 4.74 Å². The van der Waals surface area contributed by atoms with Gasteiger partial charge in [-0.05, 0) is 54.7 Å². The first-order valence-electron chi connectivity index (χ1n) is 12.6. The molecule has 0 spiro atoms. The average molecular weight is 445 g/mol. The maximum absolute atomic E-state index is 5.89. The molecule has 4 heteroatoms. The zero-order chi connectivity index (χ0) is 22.9. The molecular formula is C29H36N2O2. The third kappa shape index (κ3) is 6.88. The first kappa shape index (κ1) is 23.4. The molecule has 0 aliphatic carbocycles. The zero-order valence-electron chi connectivity index (χ0n) is 20.0. The van der Waals surface area contributed by atoms with Gasteiger partial charge in [0.1, 0.15) is 18.5 Å². The van der Waals surface area contributed by atoms with Crippen molar-refractivity contribution in [2.24, 2.45) is 0 Å². The molecule has 1 aliphatic rings. The smallest absolute Gasteiger partial charge is 0.159 e. The van der Waals surface area contributed by atoms with Crippen LogP contribution in [-0.2, 0) is 11.2 Å². The molecule has 4 rings (SSSR count). The van der Waals surface area contributed by atoms with Gasteiger partial charge < -0.3 is 9.47 Å². The third-order valence-corrected chi connectivity index (χ3v) is 6.31. The van der Waals surface area contributed by atoms with Crippen LogP contribution in [0.3, 0.4) is 0 Å². The van der Waals surface area contributed by atoms with Crippen molar-refractivity contribution in [1.82, 2.24) is 9.97 Å². The Morgan fingerprint density at radius 1 is 0.727 bits per heavy atom. The lowest BCUT2D eigenvalue weighted by molar-refractivity contribution is 0.259. The van der Waals surface area contributed by atoms with E-state index in [1.54, 1.807) is 0 Å². The van der Waals surface area contributed by atoms with E-state index in [0.29, 0.717) is 12.7 Å². The second-order valence-corrected chi connectivity index (χ2v) is 8.99. The summed E-state index contributed by atoms with van der Waals surface area (Å²) in [6.07, 6.45) is 14.4. The standard InChI is InChI=1S/C29H36N2O2/c1-3-5-7-8-9-22-11-13-23(14-12-22)25-19-30-29(31-20-25)24-15-17-26(18-16-24)32-21-28-27(33-28)10-6-4-2/h11-20,27-28H,3-10,21H2,1-2H3/t27-,28-/m0/s1. The lowest BCUT2D eigenvalue weighted by atomic mass is 10.0. The molecule has 0 bridgehead atoms. The Hall–Kier alpha value is -2.72. The summed E-state index contributed by atoms with van der Waals surface area (Å²) in [5.41, 5.74) is 4.58. The van der Waals surface area contributed by atoms with Gasteiger partial charge in [-0.3, -0.25) is 0 Å². The summed E-state index contributed by atoms with van der Waals surface area (Å²) in [6.45, 7) is 5.08. The highest BCUT2D eigenvalue weighted by molar-refractivity contribution is 5.64. The topological polar surface area (TPSA) is 47.5 Å². The van der Waals surface area contributed by atoms with Gasteiger partial charge >= 0.3 is 0 Å². The predicted molar refractivity (Wildman–Crippen MR) is 134 cm³/mol. The van der Waals surface area contributed by atoms with E-state index < -0.39 is 0 Å². The summed E-state index contributed by atoms with van der Waals surface area (Å²) in [5, 5.41) is 0. The van der Waals surface area contributed by atoms with Crippen LogP contribution in [0, 0.1) is 0 Å². The van der Waals surface area contributed by atoms with Crippen molar-refractivity contribution in [3.8, 4) is 28.3 Å². The number of aryl methyl sites for hydroxylation is 1. The Kier molecular flexibility index (Phi) is 8.48. The molecule has 1 fully saturated rings. The van der Waals surface area contributed by atoms with Crippen LogP contribution in [0.1, 0.15) is 64.4 Å². The van der Waals surface area contributed by atoms with Crippen molar-refractivity contribution in [2.75, 3.05) is 6.61 Å². The number of ether oxygens (including phenoxy) is 2. The van der Waals surface area contributed by atoms with Crippen LogP contribution in [0.2, 0.25) is 0 Å². The van der Waals surface area contributed by atoms with E-state index in [9.17, 15) is 0 Å². The molecule has 0 radical (unpaired) electrons. The van der Waals surface area contributed by atoms with Crippen molar-refractivity contribution in [1.29, 1.82) is 0 Å². The Balaban J connectivity index is 1.28. The summed E-state index contributed by atoms with van der Waals surface area (Å²) in [6, 6.07) is 16.8. The third-order valence-electron chi connectivity index (χ3n) is 6.31. The molecule has 0 unspecified atom stereocenters. The highest BCUT2D eigenvalue weighted by Gasteiger charge is 2.38. The summed E-state index contributed by atoms with van der Waals surface area (Å²) in [4.78, 5) is 9.20. The van der Waals surface area contributed by atoms with Gasteiger partial charge in [0.05, 0.1) is 6.10 Å². The van der Waals surface area contributed by atoms with E-state index >= 15 is 0 Å². The highest BCUT2D eigenvalue weighted by atomic mass is 16.6. The van der Waals surface area contributed by atoms with Crippen LogP contribution in [0.4, 0.5) is 0 Å². The SMILES string of the molecule is CCCCCCc1ccc(-c2cnc(-c3ccc(OC[C@@H]4O[C@H]4CCCC)cc3)nc2)cc1. The minimum Gasteiger partial charge on any atom is -0.491 e. The van der Waals surface area contributed by atoms with Gasteiger partial charge in [0, 0.05) is 23.5 Å². The minimum atomic E-state index is 0.252. The van der Waals surface area contributed by atoms with Gasteiger partial charge in [-0.1, -0.05) is 70.2 Å². The van der Waals surface area contributed by atoms with E-state index in [-0.39, 0.29) is 6.10 Å². The number of hydrogen-bond acceptors (Lipinski definition) is 4. The van der Waals surface area contributed by atoms with Gasteiger partial charge in [0.15, 0.2) is 5.82 Å². The van der Waals surface area contributed by atoms with E-state index in [1.165, 1.54) is 44.1 Å². The fourth-order valence-electron chi connectivity index (χ4n) is 4.11. The number of epoxide rings is 1. The van der Waals surface area contributed by atoms with Crippen molar-refractivity contribution in [2.45, 2.75) is 77.4 Å². The Labute approximate surface area is 198 Å². The normalized spacial score (nSPS) is 17.2. The van der Waals surface area contributed by atoms with Gasteiger partial charge in [0.2, 0.25) is 0 Å². The Morgan fingerprint density at radius 2 is 1.42 bits per heavy atom. The number of unbranched alkanes of at least 4 members (excludes halogenated alkanes) is 4. The Bertz CT molecular complexity index is 968. The average Bonchev–Trinajstić information content (AvgIpc) is 3.63. The van der Waals surface area contributed by atoms with E-state index in [0.717, 1.165) is 41.1 Å². The molecule has 0 amide bonds. The first-order chi connectivity index (χ1) is 16.3. The molecular weight excluding hydrogens is 408 g/mol. The molecule has 1 saturated heterocycles. The molecule has 33 heavy (non-hydrogen) atoms. The monoisotopic (exact) mass is 444 g/mol. The fraction of sp³-hybridized carbons (Fsp3) is 0.448. The second kappa shape index (κ2) is 11.9. The maximum atomic E-state index is 5.89. The molecule has 1 aromatic heterocycles. The molecule has 1 aliphatic heterocycles. The molecule has 3 aromatic rings. The van der Waals surface area contributed by atoms with Crippen LogP contribution >= 0.6 is 0 Å². The lowest BCUT2D eigenvalue weighted by Crippen LogP contribution is -2.07. The molecule has 2 heterocycles. The number of benzene rings is 2. The van der Waals surface area contributed by atoms with Gasteiger partial charge in [0.25, 0.3) is 0 Å². The van der Waals surface area contributed by atoms with Crippen molar-refractivity contribution in [3.05, 3.63) is 66.5 Å². The van der Waals surface area contributed by atoms with Crippen LogP contribution in [0.5, 0.6) is 5.75 Å².